The molecule has 1 saturated carbocycles. The summed E-state index contributed by atoms with van der Waals surface area (Å²) in [5.74, 6) is 1.01. The van der Waals surface area contributed by atoms with Crippen molar-refractivity contribution >= 4 is 5.91 Å². The van der Waals surface area contributed by atoms with E-state index in [-0.39, 0.29) is 11.3 Å². The lowest BCUT2D eigenvalue weighted by Gasteiger charge is -2.17. The fourth-order valence-corrected chi connectivity index (χ4v) is 1.16. The van der Waals surface area contributed by atoms with Gasteiger partial charge in [0.05, 0.1) is 0 Å². The molecule has 1 amide bonds. The van der Waals surface area contributed by atoms with Crippen LogP contribution in [0.2, 0.25) is 0 Å². The van der Waals surface area contributed by atoms with Crippen LogP contribution in [-0.4, -0.2) is 12.5 Å². The Morgan fingerprint density at radius 2 is 2.00 bits per heavy atom. The molecule has 1 aliphatic carbocycles. The molecular formula is C11H21NO. The van der Waals surface area contributed by atoms with Crippen molar-refractivity contribution in [2.75, 3.05) is 6.54 Å². The zero-order chi connectivity index (χ0) is 9.90. The van der Waals surface area contributed by atoms with Gasteiger partial charge in [-0.05, 0) is 30.6 Å². The van der Waals surface area contributed by atoms with Crippen LogP contribution >= 0.6 is 0 Å². The first-order valence-electron chi connectivity index (χ1n) is 5.24. The van der Waals surface area contributed by atoms with E-state index < -0.39 is 0 Å². The predicted octanol–water partition coefficient (Wildman–Crippen LogP) is 2.34. The van der Waals surface area contributed by atoms with Crippen molar-refractivity contribution in [3.63, 3.8) is 0 Å². The maximum Gasteiger partial charge on any atom is 0.220 e. The second kappa shape index (κ2) is 4.12. The molecule has 13 heavy (non-hydrogen) atoms. The topological polar surface area (TPSA) is 29.1 Å². The molecule has 1 N–H and O–H groups in total. The molecule has 76 valence electrons. The number of carbonyl (C=O) groups excluding carboxylic acids is 1. The summed E-state index contributed by atoms with van der Waals surface area (Å²) in [6, 6.07) is 0. The normalized spacial score (nSPS) is 17.2. The third-order valence-corrected chi connectivity index (χ3v) is 2.39. The zero-order valence-corrected chi connectivity index (χ0v) is 9.02. The molecule has 0 bridgehead atoms. The molecule has 0 aromatic rings. The first-order valence-corrected chi connectivity index (χ1v) is 5.24. The van der Waals surface area contributed by atoms with Crippen LogP contribution in [0.1, 0.15) is 46.5 Å². The smallest absolute Gasteiger partial charge is 0.220 e. The van der Waals surface area contributed by atoms with Crippen LogP contribution in [0.5, 0.6) is 0 Å². The van der Waals surface area contributed by atoms with Gasteiger partial charge in [-0.25, -0.2) is 0 Å². The van der Waals surface area contributed by atoms with Gasteiger partial charge in [-0.2, -0.15) is 0 Å². The fourth-order valence-electron chi connectivity index (χ4n) is 1.16. The number of carbonyl (C=O) groups is 1. The largest absolute Gasteiger partial charge is 0.356 e. The third kappa shape index (κ3) is 5.67. The number of hydrogen-bond acceptors (Lipinski definition) is 1. The van der Waals surface area contributed by atoms with Crippen LogP contribution in [0.3, 0.4) is 0 Å². The molecule has 0 unspecified atom stereocenters. The maximum atomic E-state index is 11.3. The average molecular weight is 183 g/mol. The molecule has 0 aliphatic heterocycles. The van der Waals surface area contributed by atoms with E-state index in [9.17, 15) is 4.79 Å². The molecule has 1 aliphatic rings. The van der Waals surface area contributed by atoms with Gasteiger partial charge in [0.2, 0.25) is 5.91 Å². The van der Waals surface area contributed by atoms with E-state index in [4.69, 9.17) is 0 Å². The highest BCUT2D eigenvalue weighted by Crippen LogP contribution is 2.27. The molecule has 0 aromatic heterocycles. The van der Waals surface area contributed by atoms with Gasteiger partial charge < -0.3 is 5.32 Å². The number of rotatable bonds is 4. The van der Waals surface area contributed by atoms with Gasteiger partial charge in [0.15, 0.2) is 0 Å². The Bertz CT molecular complexity index is 177. The SMILES string of the molecule is CC(C)(C)CCC(=O)NCC1CC1. The summed E-state index contributed by atoms with van der Waals surface area (Å²) in [7, 11) is 0. The highest BCUT2D eigenvalue weighted by atomic mass is 16.1. The van der Waals surface area contributed by atoms with Crippen LogP contribution in [0.15, 0.2) is 0 Å². The lowest BCUT2D eigenvalue weighted by Crippen LogP contribution is -2.26. The zero-order valence-electron chi connectivity index (χ0n) is 9.02. The Labute approximate surface area is 81.1 Å². The number of hydrogen-bond donors (Lipinski definition) is 1. The van der Waals surface area contributed by atoms with Gasteiger partial charge in [-0.1, -0.05) is 20.8 Å². The van der Waals surface area contributed by atoms with Crippen molar-refractivity contribution in [2.24, 2.45) is 11.3 Å². The quantitative estimate of drug-likeness (QED) is 0.712. The lowest BCUT2D eigenvalue weighted by molar-refractivity contribution is -0.121. The van der Waals surface area contributed by atoms with E-state index in [1.807, 2.05) is 0 Å². The summed E-state index contributed by atoms with van der Waals surface area (Å²) >= 11 is 0. The maximum absolute atomic E-state index is 11.3. The molecule has 1 rings (SSSR count). The third-order valence-electron chi connectivity index (χ3n) is 2.39. The number of amides is 1. The summed E-state index contributed by atoms with van der Waals surface area (Å²) in [5.41, 5.74) is 0.275. The van der Waals surface area contributed by atoms with E-state index in [0.717, 1.165) is 18.9 Å². The Balaban J connectivity index is 2.03. The van der Waals surface area contributed by atoms with Crippen LogP contribution in [0.25, 0.3) is 0 Å². The first kappa shape index (κ1) is 10.6. The number of nitrogens with one attached hydrogen (secondary N) is 1. The standard InChI is InChI=1S/C11H21NO/c1-11(2,3)7-6-10(13)12-8-9-4-5-9/h9H,4-8H2,1-3H3,(H,12,13). The molecule has 0 saturated heterocycles. The van der Waals surface area contributed by atoms with E-state index in [1.165, 1.54) is 12.8 Å². The minimum atomic E-state index is 0.224. The summed E-state index contributed by atoms with van der Waals surface area (Å²) in [6.45, 7) is 7.41. The van der Waals surface area contributed by atoms with Crippen molar-refractivity contribution < 1.29 is 4.79 Å². The van der Waals surface area contributed by atoms with E-state index >= 15 is 0 Å². The van der Waals surface area contributed by atoms with E-state index in [0.29, 0.717) is 6.42 Å². The lowest BCUT2D eigenvalue weighted by atomic mass is 9.90. The molecule has 2 heteroatoms. The van der Waals surface area contributed by atoms with Crippen molar-refractivity contribution in [1.29, 1.82) is 0 Å². The van der Waals surface area contributed by atoms with Crippen molar-refractivity contribution in [3.05, 3.63) is 0 Å². The van der Waals surface area contributed by atoms with Crippen molar-refractivity contribution in [2.45, 2.75) is 46.5 Å². The molecule has 0 radical (unpaired) electrons. The molecule has 0 aromatic carbocycles. The Hall–Kier alpha value is -0.530. The molecule has 0 heterocycles. The van der Waals surface area contributed by atoms with Gasteiger partial charge in [-0.15, -0.1) is 0 Å². The first-order chi connectivity index (χ1) is 5.97. The van der Waals surface area contributed by atoms with Crippen molar-refractivity contribution in [1.82, 2.24) is 5.32 Å². The van der Waals surface area contributed by atoms with Crippen LogP contribution in [-0.2, 0) is 4.79 Å². The molecule has 1 fully saturated rings. The average Bonchev–Trinajstić information content (AvgIpc) is 2.78. The summed E-state index contributed by atoms with van der Waals surface area (Å²) in [4.78, 5) is 11.3. The predicted molar refractivity (Wildman–Crippen MR) is 54.4 cm³/mol. The highest BCUT2D eigenvalue weighted by Gasteiger charge is 2.21. The molecule has 0 spiro atoms. The Morgan fingerprint density at radius 1 is 1.38 bits per heavy atom. The monoisotopic (exact) mass is 183 g/mol. The summed E-state index contributed by atoms with van der Waals surface area (Å²) < 4.78 is 0. The van der Waals surface area contributed by atoms with E-state index in [2.05, 4.69) is 26.1 Å². The van der Waals surface area contributed by atoms with Crippen molar-refractivity contribution in [3.8, 4) is 0 Å². The molecule has 2 nitrogen and oxygen atoms in total. The van der Waals surface area contributed by atoms with Gasteiger partial charge >= 0.3 is 0 Å². The van der Waals surface area contributed by atoms with Gasteiger partial charge in [0.1, 0.15) is 0 Å². The summed E-state index contributed by atoms with van der Waals surface area (Å²) in [6.07, 6.45) is 4.26. The van der Waals surface area contributed by atoms with Crippen LogP contribution in [0.4, 0.5) is 0 Å². The minimum Gasteiger partial charge on any atom is -0.356 e. The molecular weight excluding hydrogens is 162 g/mol. The highest BCUT2D eigenvalue weighted by molar-refractivity contribution is 5.75. The van der Waals surface area contributed by atoms with Gasteiger partial charge in [-0.3, -0.25) is 4.79 Å². The fraction of sp³-hybridized carbons (Fsp3) is 0.909. The summed E-state index contributed by atoms with van der Waals surface area (Å²) in [5, 5.41) is 2.98. The molecule has 0 atom stereocenters. The van der Waals surface area contributed by atoms with Gasteiger partial charge in [0, 0.05) is 13.0 Å². The van der Waals surface area contributed by atoms with Crippen LogP contribution < -0.4 is 5.32 Å². The van der Waals surface area contributed by atoms with Gasteiger partial charge in [0.25, 0.3) is 0 Å². The Morgan fingerprint density at radius 3 is 2.46 bits per heavy atom. The van der Waals surface area contributed by atoms with Crippen LogP contribution in [0, 0.1) is 11.3 Å². The second-order valence-corrected chi connectivity index (χ2v) is 5.31. The Kier molecular flexibility index (Phi) is 3.34. The second-order valence-electron chi connectivity index (χ2n) is 5.31. The minimum absolute atomic E-state index is 0.224. The van der Waals surface area contributed by atoms with E-state index in [1.54, 1.807) is 0 Å².